The first-order chi connectivity index (χ1) is 8.07. The average molecular weight is 301 g/mol. The highest BCUT2D eigenvalue weighted by Gasteiger charge is 2.46. The summed E-state index contributed by atoms with van der Waals surface area (Å²) in [6, 6.07) is 5.59. The molecule has 17 heavy (non-hydrogen) atoms. The Labute approximate surface area is 108 Å². The van der Waals surface area contributed by atoms with Crippen molar-refractivity contribution >= 4 is 21.9 Å². The van der Waals surface area contributed by atoms with Crippen LogP contribution in [0.15, 0.2) is 22.7 Å². The van der Waals surface area contributed by atoms with Crippen LogP contribution in [-0.4, -0.2) is 31.4 Å². The zero-order valence-corrected chi connectivity index (χ0v) is 11.0. The molecule has 1 saturated heterocycles. The van der Waals surface area contributed by atoms with Crippen LogP contribution in [0.5, 0.6) is 5.75 Å². The number of rotatable bonds is 4. The Morgan fingerprint density at radius 2 is 2.29 bits per heavy atom. The van der Waals surface area contributed by atoms with Crippen molar-refractivity contribution < 1.29 is 19.4 Å². The van der Waals surface area contributed by atoms with Crippen molar-refractivity contribution in [3.63, 3.8) is 0 Å². The lowest BCUT2D eigenvalue weighted by molar-refractivity contribution is -0.179. The lowest BCUT2D eigenvalue weighted by atomic mass is 9.79. The van der Waals surface area contributed by atoms with Crippen LogP contribution in [0, 0.1) is 5.41 Å². The zero-order valence-electron chi connectivity index (χ0n) is 9.40. The minimum atomic E-state index is -0.814. The van der Waals surface area contributed by atoms with E-state index >= 15 is 0 Å². The number of methoxy groups -OCH3 is 1. The van der Waals surface area contributed by atoms with E-state index in [-0.39, 0.29) is 13.2 Å². The number of hydrogen-bond acceptors (Lipinski definition) is 3. The summed E-state index contributed by atoms with van der Waals surface area (Å²) in [5.74, 6) is -0.105. The number of benzene rings is 1. The van der Waals surface area contributed by atoms with Gasteiger partial charge in [-0.15, -0.1) is 0 Å². The molecule has 0 atom stereocenters. The smallest absolute Gasteiger partial charge is 0.314 e. The summed E-state index contributed by atoms with van der Waals surface area (Å²) in [5.41, 5.74) is 0.0845. The van der Waals surface area contributed by atoms with Gasteiger partial charge in [-0.05, 0) is 30.2 Å². The van der Waals surface area contributed by atoms with Crippen LogP contribution in [0.25, 0.3) is 0 Å². The molecule has 0 radical (unpaired) electrons. The second kappa shape index (κ2) is 4.66. The van der Waals surface area contributed by atoms with Gasteiger partial charge in [0.05, 0.1) is 20.3 Å². The Hall–Kier alpha value is -1.07. The van der Waals surface area contributed by atoms with E-state index in [1.807, 2.05) is 18.2 Å². The molecule has 4 nitrogen and oxygen atoms in total. The molecule has 1 heterocycles. The van der Waals surface area contributed by atoms with Crippen molar-refractivity contribution in [1.29, 1.82) is 0 Å². The summed E-state index contributed by atoms with van der Waals surface area (Å²) < 4.78 is 11.2. The summed E-state index contributed by atoms with van der Waals surface area (Å²) in [4.78, 5) is 11.3. The Balaban J connectivity index is 2.28. The van der Waals surface area contributed by atoms with E-state index in [9.17, 15) is 9.90 Å². The van der Waals surface area contributed by atoms with E-state index in [1.54, 1.807) is 7.11 Å². The van der Waals surface area contributed by atoms with E-state index in [4.69, 9.17) is 9.47 Å². The molecule has 1 aromatic rings. The third-order valence-corrected chi connectivity index (χ3v) is 3.47. The second-order valence-electron chi connectivity index (χ2n) is 4.21. The van der Waals surface area contributed by atoms with Crippen LogP contribution in [0.4, 0.5) is 0 Å². The zero-order chi connectivity index (χ0) is 12.5. The highest BCUT2D eigenvalue weighted by Crippen LogP contribution is 2.36. The number of halogens is 1. The maximum atomic E-state index is 11.3. The number of aliphatic carboxylic acids is 1. The van der Waals surface area contributed by atoms with Crippen LogP contribution in [0.1, 0.15) is 5.56 Å². The van der Waals surface area contributed by atoms with Gasteiger partial charge in [-0.2, -0.15) is 0 Å². The van der Waals surface area contributed by atoms with Crippen LogP contribution < -0.4 is 4.74 Å². The first-order valence-corrected chi connectivity index (χ1v) is 6.00. The van der Waals surface area contributed by atoms with Crippen LogP contribution in [0.3, 0.4) is 0 Å². The molecule has 0 amide bonds. The average Bonchev–Trinajstić information content (AvgIpc) is 2.23. The van der Waals surface area contributed by atoms with E-state index in [1.165, 1.54) is 0 Å². The van der Waals surface area contributed by atoms with Gasteiger partial charge in [0.2, 0.25) is 0 Å². The van der Waals surface area contributed by atoms with Gasteiger partial charge in [0, 0.05) is 4.47 Å². The largest absolute Gasteiger partial charge is 0.496 e. The molecule has 1 N–H and O–H groups in total. The summed E-state index contributed by atoms with van der Waals surface area (Å²) in [5, 5.41) is 9.25. The molecule has 1 aromatic carbocycles. The third-order valence-electron chi connectivity index (χ3n) is 2.98. The summed E-state index contributed by atoms with van der Waals surface area (Å²) >= 11 is 3.38. The minimum Gasteiger partial charge on any atom is -0.496 e. The second-order valence-corrected chi connectivity index (χ2v) is 5.13. The van der Waals surface area contributed by atoms with Crippen molar-refractivity contribution in [1.82, 2.24) is 0 Å². The summed E-state index contributed by atoms with van der Waals surface area (Å²) in [6.07, 6.45) is 0.422. The summed E-state index contributed by atoms with van der Waals surface area (Å²) in [6.45, 7) is 0.524. The van der Waals surface area contributed by atoms with Crippen molar-refractivity contribution in [3.8, 4) is 5.75 Å². The Morgan fingerprint density at radius 3 is 2.76 bits per heavy atom. The molecule has 1 aliphatic rings. The molecule has 1 fully saturated rings. The number of carboxylic acid groups (broad SMARTS) is 1. The fourth-order valence-corrected chi connectivity index (χ4v) is 2.31. The number of carbonyl (C=O) groups is 1. The molecule has 0 aliphatic carbocycles. The van der Waals surface area contributed by atoms with Crippen molar-refractivity contribution in [3.05, 3.63) is 28.2 Å². The van der Waals surface area contributed by atoms with Gasteiger partial charge >= 0.3 is 5.97 Å². The maximum Gasteiger partial charge on any atom is 0.314 e. The predicted octanol–water partition coefficient (Wildman–Crippen LogP) is 2.10. The molecule has 5 heteroatoms. The van der Waals surface area contributed by atoms with Crippen LogP contribution >= 0.6 is 15.9 Å². The Morgan fingerprint density at radius 1 is 1.59 bits per heavy atom. The van der Waals surface area contributed by atoms with Gasteiger partial charge in [0.25, 0.3) is 0 Å². The van der Waals surface area contributed by atoms with Gasteiger partial charge < -0.3 is 14.6 Å². The van der Waals surface area contributed by atoms with Gasteiger partial charge in [0.15, 0.2) is 0 Å². The molecule has 2 rings (SSSR count). The maximum absolute atomic E-state index is 11.3. The summed E-state index contributed by atoms with van der Waals surface area (Å²) in [7, 11) is 1.58. The fourth-order valence-electron chi connectivity index (χ4n) is 1.90. The topological polar surface area (TPSA) is 55.8 Å². The van der Waals surface area contributed by atoms with Gasteiger partial charge in [-0.25, -0.2) is 0 Å². The van der Waals surface area contributed by atoms with Gasteiger partial charge in [0.1, 0.15) is 11.2 Å². The monoisotopic (exact) mass is 300 g/mol. The van der Waals surface area contributed by atoms with Crippen LogP contribution in [0.2, 0.25) is 0 Å². The van der Waals surface area contributed by atoms with Crippen LogP contribution in [-0.2, 0) is 16.0 Å². The highest BCUT2D eigenvalue weighted by atomic mass is 79.9. The predicted molar refractivity (Wildman–Crippen MR) is 65.3 cm³/mol. The number of hydrogen-bond donors (Lipinski definition) is 1. The minimum absolute atomic E-state index is 0.262. The molecule has 0 aromatic heterocycles. The molecule has 1 aliphatic heterocycles. The highest BCUT2D eigenvalue weighted by molar-refractivity contribution is 9.10. The van der Waals surface area contributed by atoms with Crippen molar-refractivity contribution in [2.45, 2.75) is 6.42 Å². The van der Waals surface area contributed by atoms with E-state index in [0.29, 0.717) is 12.2 Å². The normalized spacial score (nSPS) is 17.3. The lowest BCUT2D eigenvalue weighted by Crippen LogP contribution is -2.50. The quantitative estimate of drug-likeness (QED) is 0.925. The molecule has 0 bridgehead atoms. The first kappa shape index (κ1) is 12.4. The molecule has 0 spiro atoms. The number of carboxylic acids is 1. The lowest BCUT2D eigenvalue weighted by Gasteiger charge is -2.37. The standard InChI is InChI=1S/C12H13BrO4/c1-16-10-3-2-9(13)4-8(10)5-12(11(14)15)6-17-7-12/h2-4H,5-7H2,1H3,(H,14,15). The van der Waals surface area contributed by atoms with Gasteiger partial charge in [-0.3, -0.25) is 4.79 Å². The van der Waals surface area contributed by atoms with Gasteiger partial charge in [-0.1, -0.05) is 15.9 Å². The molecule has 92 valence electrons. The van der Waals surface area contributed by atoms with E-state index in [2.05, 4.69) is 15.9 Å². The molecule has 0 unspecified atom stereocenters. The first-order valence-electron chi connectivity index (χ1n) is 5.21. The molecule has 0 saturated carbocycles. The van der Waals surface area contributed by atoms with Crippen molar-refractivity contribution in [2.75, 3.05) is 20.3 Å². The Kier molecular flexibility index (Phi) is 3.40. The van der Waals surface area contributed by atoms with Crippen molar-refractivity contribution in [2.24, 2.45) is 5.41 Å². The Bertz CT molecular complexity index is 440. The molecular formula is C12H13BrO4. The van der Waals surface area contributed by atoms with E-state index < -0.39 is 11.4 Å². The number of ether oxygens (including phenoxy) is 2. The fraction of sp³-hybridized carbons (Fsp3) is 0.417. The SMILES string of the molecule is COc1ccc(Br)cc1CC1(C(=O)O)COC1. The third kappa shape index (κ3) is 2.30. The van der Waals surface area contributed by atoms with E-state index in [0.717, 1.165) is 10.0 Å². The molecular weight excluding hydrogens is 288 g/mol.